The van der Waals surface area contributed by atoms with E-state index in [0.29, 0.717) is 17.4 Å². The molecule has 7 heteroatoms. The van der Waals surface area contributed by atoms with Crippen LogP contribution in [0.4, 0.5) is 9.93 Å². The summed E-state index contributed by atoms with van der Waals surface area (Å²) in [5.41, 5.74) is -0.124. The van der Waals surface area contributed by atoms with E-state index in [2.05, 4.69) is 20.0 Å². The van der Waals surface area contributed by atoms with Gasteiger partial charge in [-0.1, -0.05) is 20.8 Å². The van der Waals surface area contributed by atoms with Crippen LogP contribution in [0.1, 0.15) is 32.4 Å². The predicted octanol–water partition coefficient (Wildman–Crippen LogP) is 2.75. The number of carbonyl (C=O) groups excluding carboxylic acids is 1. The van der Waals surface area contributed by atoms with E-state index in [9.17, 15) is 4.79 Å². The third kappa shape index (κ3) is 3.78. The van der Waals surface area contributed by atoms with Crippen LogP contribution in [0.25, 0.3) is 0 Å². The number of aromatic nitrogens is 2. The van der Waals surface area contributed by atoms with Gasteiger partial charge in [-0.05, 0) is 12.1 Å². The van der Waals surface area contributed by atoms with Crippen molar-refractivity contribution in [1.82, 2.24) is 14.7 Å². The van der Waals surface area contributed by atoms with E-state index in [0.717, 1.165) is 5.82 Å². The van der Waals surface area contributed by atoms with Gasteiger partial charge in [0.15, 0.2) is 0 Å². The van der Waals surface area contributed by atoms with Gasteiger partial charge in [-0.3, -0.25) is 5.32 Å². The normalized spacial score (nSPS) is 11.3. The summed E-state index contributed by atoms with van der Waals surface area (Å²) in [5, 5.41) is 5.81. The van der Waals surface area contributed by atoms with Crippen LogP contribution in [-0.4, -0.2) is 15.4 Å². The van der Waals surface area contributed by atoms with Gasteiger partial charge >= 0.3 is 6.03 Å². The van der Waals surface area contributed by atoms with Crippen molar-refractivity contribution in [3.05, 3.63) is 30.0 Å². The third-order valence-corrected chi connectivity index (χ3v) is 2.95. The molecule has 2 heterocycles. The molecule has 0 atom stereocenters. The van der Waals surface area contributed by atoms with E-state index in [4.69, 9.17) is 4.42 Å². The number of hydrogen-bond donors (Lipinski definition) is 2. The molecule has 0 aliphatic rings. The van der Waals surface area contributed by atoms with E-state index in [1.807, 2.05) is 20.8 Å². The molecule has 0 unspecified atom stereocenters. The highest BCUT2D eigenvalue weighted by Crippen LogP contribution is 2.22. The molecule has 0 radical (unpaired) electrons. The molecule has 0 saturated heterocycles. The Morgan fingerprint density at radius 1 is 1.47 bits per heavy atom. The molecule has 2 aromatic heterocycles. The number of furan rings is 1. The molecule has 6 nitrogen and oxygen atoms in total. The van der Waals surface area contributed by atoms with Gasteiger partial charge in [0.2, 0.25) is 5.13 Å². The molecule has 0 saturated carbocycles. The maximum atomic E-state index is 11.6. The van der Waals surface area contributed by atoms with Gasteiger partial charge < -0.3 is 9.73 Å². The summed E-state index contributed by atoms with van der Waals surface area (Å²) in [6.07, 6.45) is 1.56. The minimum atomic E-state index is -0.326. The number of nitrogens with zero attached hydrogens (tertiary/aromatic N) is 2. The van der Waals surface area contributed by atoms with Gasteiger partial charge in [-0.25, -0.2) is 9.78 Å². The van der Waals surface area contributed by atoms with Gasteiger partial charge in [0.1, 0.15) is 11.6 Å². The fraction of sp³-hybridized carbons (Fsp3) is 0.417. The second-order valence-electron chi connectivity index (χ2n) is 5.06. The number of anilines is 1. The quantitative estimate of drug-likeness (QED) is 0.906. The number of urea groups is 1. The average Bonchev–Trinajstić information content (AvgIpc) is 2.95. The van der Waals surface area contributed by atoms with Crippen LogP contribution >= 0.6 is 11.5 Å². The molecule has 102 valence electrons. The third-order valence-electron chi connectivity index (χ3n) is 2.32. The van der Waals surface area contributed by atoms with Gasteiger partial charge in [0.05, 0.1) is 12.8 Å². The summed E-state index contributed by atoms with van der Waals surface area (Å²) in [5.74, 6) is 1.42. The lowest BCUT2D eigenvalue weighted by Gasteiger charge is -2.12. The van der Waals surface area contributed by atoms with Crippen molar-refractivity contribution in [1.29, 1.82) is 0 Å². The second-order valence-corrected chi connectivity index (χ2v) is 5.81. The Hall–Kier alpha value is -1.89. The highest BCUT2D eigenvalue weighted by atomic mass is 32.1. The number of amides is 2. The Morgan fingerprint density at radius 2 is 2.26 bits per heavy atom. The van der Waals surface area contributed by atoms with Gasteiger partial charge in [-0.2, -0.15) is 4.37 Å². The molecule has 19 heavy (non-hydrogen) atoms. The Labute approximate surface area is 115 Å². The average molecular weight is 280 g/mol. The fourth-order valence-electron chi connectivity index (χ4n) is 1.30. The first-order chi connectivity index (χ1) is 8.95. The lowest BCUT2D eigenvalue weighted by molar-refractivity contribution is 0.251. The van der Waals surface area contributed by atoms with E-state index < -0.39 is 0 Å². The van der Waals surface area contributed by atoms with Gasteiger partial charge in [0, 0.05) is 16.9 Å². The number of rotatable bonds is 3. The predicted molar refractivity (Wildman–Crippen MR) is 73.2 cm³/mol. The maximum absolute atomic E-state index is 11.6. The number of nitrogens with one attached hydrogen (secondary N) is 2. The summed E-state index contributed by atoms with van der Waals surface area (Å²) < 4.78 is 9.34. The Morgan fingerprint density at radius 3 is 2.84 bits per heavy atom. The van der Waals surface area contributed by atoms with Crippen LogP contribution in [0.5, 0.6) is 0 Å². The lowest BCUT2D eigenvalue weighted by Crippen LogP contribution is -2.28. The minimum Gasteiger partial charge on any atom is -0.467 e. The van der Waals surface area contributed by atoms with Crippen molar-refractivity contribution in [2.75, 3.05) is 5.32 Å². The Balaban J connectivity index is 1.87. The molecule has 2 N–H and O–H groups in total. The van der Waals surface area contributed by atoms with E-state index in [1.165, 1.54) is 11.5 Å². The van der Waals surface area contributed by atoms with Crippen LogP contribution in [0.2, 0.25) is 0 Å². The zero-order valence-electron chi connectivity index (χ0n) is 11.1. The van der Waals surface area contributed by atoms with Crippen molar-refractivity contribution >= 4 is 22.7 Å². The molecule has 0 fully saturated rings. The van der Waals surface area contributed by atoms with Crippen molar-refractivity contribution in [2.45, 2.75) is 32.7 Å². The molecule has 0 spiro atoms. The second kappa shape index (κ2) is 5.40. The zero-order valence-corrected chi connectivity index (χ0v) is 11.9. The van der Waals surface area contributed by atoms with Crippen LogP contribution in [0.3, 0.4) is 0 Å². The number of hydrogen-bond acceptors (Lipinski definition) is 5. The molecule has 0 aliphatic carbocycles. The summed E-state index contributed by atoms with van der Waals surface area (Å²) in [4.78, 5) is 15.9. The summed E-state index contributed by atoms with van der Waals surface area (Å²) in [7, 11) is 0. The van der Waals surface area contributed by atoms with Crippen molar-refractivity contribution in [3.8, 4) is 0 Å². The number of carbonyl (C=O) groups is 1. The Kier molecular flexibility index (Phi) is 3.84. The van der Waals surface area contributed by atoms with Crippen LogP contribution in [0.15, 0.2) is 22.8 Å². The minimum absolute atomic E-state index is 0.124. The van der Waals surface area contributed by atoms with E-state index >= 15 is 0 Å². The van der Waals surface area contributed by atoms with E-state index in [1.54, 1.807) is 18.4 Å². The summed E-state index contributed by atoms with van der Waals surface area (Å²) in [6, 6.07) is 3.24. The summed E-state index contributed by atoms with van der Waals surface area (Å²) >= 11 is 1.17. The van der Waals surface area contributed by atoms with Gasteiger partial charge in [0.25, 0.3) is 0 Å². The molecule has 0 aliphatic heterocycles. The molecular weight excluding hydrogens is 264 g/mol. The van der Waals surface area contributed by atoms with E-state index in [-0.39, 0.29) is 11.4 Å². The molecule has 0 bridgehead atoms. The molecule has 2 aromatic rings. The van der Waals surface area contributed by atoms with Crippen molar-refractivity contribution < 1.29 is 9.21 Å². The standard InChI is InChI=1S/C12H16N4O2S/c1-12(2,3)9-14-11(19-16-9)15-10(17)13-7-8-5-4-6-18-8/h4-6H,7H2,1-3H3,(H2,13,14,15,16,17). The molecular formula is C12H16N4O2S. The molecule has 0 aromatic carbocycles. The van der Waals surface area contributed by atoms with Crippen molar-refractivity contribution in [2.24, 2.45) is 0 Å². The maximum Gasteiger partial charge on any atom is 0.321 e. The van der Waals surface area contributed by atoms with Gasteiger partial charge in [-0.15, -0.1) is 0 Å². The fourth-order valence-corrected chi connectivity index (χ4v) is 2.05. The van der Waals surface area contributed by atoms with Crippen LogP contribution in [0, 0.1) is 0 Å². The highest BCUT2D eigenvalue weighted by molar-refractivity contribution is 7.09. The highest BCUT2D eigenvalue weighted by Gasteiger charge is 2.20. The Bertz CT molecular complexity index is 542. The zero-order chi connectivity index (χ0) is 13.9. The SMILES string of the molecule is CC(C)(C)c1nsc(NC(=O)NCc2ccco2)n1. The van der Waals surface area contributed by atoms with Crippen LogP contribution in [-0.2, 0) is 12.0 Å². The molecule has 2 rings (SSSR count). The first kappa shape index (κ1) is 13.5. The molecule has 2 amide bonds. The smallest absolute Gasteiger partial charge is 0.321 e. The van der Waals surface area contributed by atoms with Crippen LogP contribution < -0.4 is 10.6 Å². The van der Waals surface area contributed by atoms with Crippen molar-refractivity contribution in [3.63, 3.8) is 0 Å². The summed E-state index contributed by atoms with van der Waals surface area (Å²) in [6.45, 7) is 6.41. The lowest BCUT2D eigenvalue weighted by atomic mass is 9.96. The monoisotopic (exact) mass is 280 g/mol. The first-order valence-corrected chi connectivity index (χ1v) is 6.64. The largest absolute Gasteiger partial charge is 0.467 e. The topological polar surface area (TPSA) is 80.0 Å². The first-order valence-electron chi connectivity index (χ1n) is 5.86.